The molecule has 0 aliphatic heterocycles. The highest BCUT2D eigenvalue weighted by Crippen LogP contribution is 2.24. The number of carbonyl (C=O) groups is 1. The van der Waals surface area contributed by atoms with Gasteiger partial charge in [0.25, 0.3) is 0 Å². The first-order valence-corrected chi connectivity index (χ1v) is 5.59. The maximum atomic E-state index is 13.4. The van der Waals surface area contributed by atoms with Gasteiger partial charge in [-0.05, 0) is 30.3 Å². The Morgan fingerprint density at radius 3 is 2.35 bits per heavy atom. The topological polar surface area (TPSA) is 17.1 Å². The third kappa shape index (κ3) is 2.48. The van der Waals surface area contributed by atoms with Crippen molar-refractivity contribution in [3.05, 3.63) is 69.5 Å². The van der Waals surface area contributed by atoms with E-state index in [4.69, 9.17) is 23.2 Å². The molecule has 0 heterocycles. The van der Waals surface area contributed by atoms with E-state index in [-0.39, 0.29) is 16.1 Å². The molecule has 2 aromatic rings. The number of ketones is 1. The Bertz CT molecular complexity index is 581. The van der Waals surface area contributed by atoms with Gasteiger partial charge in [0, 0.05) is 10.6 Å². The Kier molecular flexibility index (Phi) is 3.46. The van der Waals surface area contributed by atoms with Gasteiger partial charge in [0.15, 0.2) is 5.78 Å². The van der Waals surface area contributed by atoms with Crippen LogP contribution in [0, 0.1) is 5.82 Å². The van der Waals surface area contributed by atoms with Crippen LogP contribution in [0.1, 0.15) is 15.9 Å². The van der Waals surface area contributed by atoms with Crippen LogP contribution in [-0.2, 0) is 0 Å². The molecule has 1 nitrogen and oxygen atoms in total. The minimum Gasteiger partial charge on any atom is -0.288 e. The molecule has 0 bridgehead atoms. The quantitative estimate of drug-likeness (QED) is 0.740. The lowest BCUT2D eigenvalue weighted by Crippen LogP contribution is -2.04. The lowest BCUT2D eigenvalue weighted by Gasteiger charge is -2.04. The number of hydrogen-bond donors (Lipinski definition) is 0. The average molecular weight is 269 g/mol. The Hall–Kier alpha value is -1.38. The predicted octanol–water partition coefficient (Wildman–Crippen LogP) is 4.36. The first-order chi connectivity index (χ1) is 8.09. The molecule has 86 valence electrons. The van der Waals surface area contributed by atoms with Gasteiger partial charge in [-0.15, -0.1) is 0 Å². The molecule has 0 saturated carbocycles. The molecule has 2 rings (SSSR count). The van der Waals surface area contributed by atoms with Crippen LogP contribution in [0.2, 0.25) is 10.0 Å². The zero-order valence-electron chi connectivity index (χ0n) is 8.58. The van der Waals surface area contributed by atoms with Gasteiger partial charge in [-0.25, -0.2) is 4.39 Å². The summed E-state index contributed by atoms with van der Waals surface area (Å²) in [6.07, 6.45) is 0. The zero-order valence-corrected chi connectivity index (χ0v) is 10.1. The molecule has 0 aromatic heterocycles. The van der Waals surface area contributed by atoms with Gasteiger partial charge in [-0.3, -0.25) is 4.79 Å². The molecule has 17 heavy (non-hydrogen) atoms. The van der Waals surface area contributed by atoms with Crippen LogP contribution in [0.5, 0.6) is 0 Å². The third-order valence-corrected chi connectivity index (χ3v) is 2.84. The van der Waals surface area contributed by atoms with Gasteiger partial charge < -0.3 is 0 Å². The first kappa shape index (κ1) is 12.1. The number of hydrogen-bond acceptors (Lipinski definition) is 1. The summed E-state index contributed by atoms with van der Waals surface area (Å²) in [5.74, 6) is -1.02. The zero-order chi connectivity index (χ0) is 12.4. The van der Waals surface area contributed by atoms with Crippen LogP contribution in [0.25, 0.3) is 0 Å². The Morgan fingerprint density at radius 1 is 1.00 bits per heavy atom. The lowest BCUT2D eigenvalue weighted by atomic mass is 10.0. The van der Waals surface area contributed by atoms with E-state index in [1.54, 1.807) is 12.1 Å². The van der Waals surface area contributed by atoms with Crippen molar-refractivity contribution >= 4 is 29.0 Å². The summed E-state index contributed by atoms with van der Waals surface area (Å²) in [5.41, 5.74) is 0.234. The van der Waals surface area contributed by atoms with E-state index in [1.165, 1.54) is 30.3 Å². The van der Waals surface area contributed by atoms with Gasteiger partial charge in [-0.2, -0.15) is 0 Å². The van der Waals surface area contributed by atoms with Crippen LogP contribution < -0.4 is 0 Å². The molecule has 2 aromatic carbocycles. The summed E-state index contributed by atoms with van der Waals surface area (Å²) in [6, 6.07) is 10.3. The summed E-state index contributed by atoms with van der Waals surface area (Å²) in [7, 11) is 0. The summed E-state index contributed by atoms with van der Waals surface area (Å²) in [5, 5.41) is 0.644. The van der Waals surface area contributed by atoms with Crippen LogP contribution in [0.3, 0.4) is 0 Å². The molecule has 0 spiro atoms. The van der Waals surface area contributed by atoms with E-state index in [2.05, 4.69) is 0 Å². The van der Waals surface area contributed by atoms with Crippen LogP contribution in [-0.4, -0.2) is 5.78 Å². The van der Waals surface area contributed by atoms with Crippen LogP contribution in [0.4, 0.5) is 4.39 Å². The normalized spacial score (nSPS) is 10.3. The molecule has 0 atom stereocenters. The van der Waals surface area contributed by atoms with E-state index in [0.29, 0.717) is 5.02 Å². The van der Waals surface area contributed by atoms with Crippen molar-refractivity contribution in [3.8, 4) is 0 Å². The van der Waals surface area contributed by atoms with Crippen molar-refractivity contribution < 1.29 is 9.18 Å². The lowest BCUT2D eigenvalue weighted by molar-refractivity contribution is 0.103. The molecular weight excluding hydrogens is 262 g/mol. The highest BCUT2D eigenvalue weighted by atomic mass is 35.5. The summed E-state index contributed by atoms with van der Waals surface area (Å²) in [6.45, 7) is 0. The van der Waals surface area contributed by atoms with E-state index in [9.17, 15) is 9.18 Å². The molecular formula is C13H7Cl2FO. The molecule has 0 aliphatic rings. The van der Waals surface area contributed by atoms with Crippen molar-refractivity contribution in [2.45, 2.75) is 0 Å². The fourth-order valence-corrected chi connectivity index (χ4v) is 1.96. The number of halogens is 3. The van der Waals surface area contributed by atoms with Crippen molar-refractivity contribution in [2.24, 2.45) is 0 Å². The van der Waals surface area contributed by atoms with E-state index >= 15 is 0 Å². The molecule has 0 unspecified atom stereocenters. The molecule has 0 fully saturated rings. The second-order valence-electron chi connectivity index (χ2n) is 3.43. The Labute approximate surface area is 108 Å². The fourth-order valence-electron chi connectivity index (χ4n) is 1.46. The van der Waals surface area contributed by atoms with Gasteiger partial charge >= 0.3 is 0 Å². The summed E-state index contributed by atoms with van der Waals surface area (Å²) in [4.78, 5) is 12.0. The van der Waals surface area contributed by atoms with E-state index < -0.39 is 11.6 Å². The van der Waals surface area contributed by atoms with Crippen molar-refractivity contribution in [2.75, 3.05) is 0 Å². The van der Waals surface area contributed by atoms with Gasteiger partial charge in [0.1, 0.15) is 5.82 Å². The molecule has 0 N–H and O–H groups in total. The minimum atomic E-state index is -0.566. The van der Waals surface area contributed by atoms with Gasteiger partial charge in [0.05, 0.1) is 10.6 Å². The second-order valence-corrected chi connectivity index (χ2v) is 4.28. The highest BCUT2D eigenvalue weighted by Gasteiger charge is 2.16. The largest absolute Gasteiger partial charge is 0.288 e. The molecule has 0 saturated heterocycles. The predicted molar refractivity (Wildman–Crippen MR) is 66.3 cm³/mol. The minimum absolute atomic E-state index is 0.00303. The van der Waals surface area contributed by atoms with Gasteiger partial charge in [0.2, 0.25) is 0 Å². The van der Waals surface area contributed by atoms with Crippen molar-refractivity contribution in [3.63, 3.8) is 0 Å². The monoisotopic (exact) mass is 268 g/mol. The van der Waals surface area contributed by atoms with Crippen LogP contribution >= 0.6 is 23.2 Å². The third-order valence-electron chi connectivity index (χ3n) is 2.29. The van der Waals surface area contributed by atoms with Gasteiger partial charge in [-0.1, -0.05) is 35.3 Å². The van der Waals surface area contributed by atoms with Crippen LogP contribution in [0.15, 0.2) is 42.5 Å². The Morgan fingerprint density at radius 2 is 1.71 bits per heavy atom. The summed E-state index contributed by atoms with van der Waals surface area (Å²) < 4.78 is 13.4. The Balaban J connectivity index is 2.48. The number of rotatable bonds is 2. The number of carbonyl (C=O) groups excluding carboxylic acids is 1. The maximum Gasteiger partial charge on any atom is 0.197 e. The molecule has 0 radical (unpaired) electrons. The molecule has 0 amide bonds. The van der Waals surface area contributed by atoms with E-state index in [1.807, 2.05) is 0 Å². The summed E-state index contributed by atoms with van der Waals surface area (Å²) >= 11 is 11.6. The molecule has 0 aliphatic carbocycles. The smallest absolute Gasteiger partial charge is 0.197 e. The standard InChI is InChI=1S/C13H7Cl2FO/c14-8-5-6-9(11(15)7-8)13(17)10-3-1-2-4-12(10)16/h1-7H. The SMILES string of the molecule is O=C(c1ccccc1F)c1ccc(Cl)cc1Cl. The highest BCUT2D eigenvalue weighted by molar-refractivity contribution is 6.37. The van der Waals surface area contributed by atoms with Crippen molar-refractivity contribution in [1.82, 2.24) is 0 Å². The number of benzene rings is 2. The fraction of sp³-hybridized carbons (Fsp3) is 0. The van der Waals surface area contributed by atoms with Crippen molar-refractivity contribution in [1.29, 1.82) is 0 Å². The first-order valence-electron chi connectivity index (χ1n) is 4.84. The molecule has 4 heteroatoms. The second kappa shape index (κ2) is 4.86. The maximum absolute atomic E-state index is 13.4. The van der Waals surface area contributed by atoms with E-state index in [0.717, 1.165) is 0 Å². The average Bonchev–Trinajstić information content (AvgIpc) is 2.29.